The zero-order chi connectivity index (χ0) is 22.9. The number of hydrogen-bond acceptors (Lipinski definition) is 7. The number of nitrogens with zero attached hydrogens (tertiary/aromatic N) is 4. The van der Waals surface area contributed by atoms with Crippen molar-refractivity contribution in [1.82, 2.24) is 19.9 Å². The summed E-state index contributed by atoms with van der Waals surface area (Å²) in [4.78, 5) is 48.5. The van der Waals surface area contributed by atoms with Crippen LogP contribution in [0.15, 0.2) is 35.4 Å². The number of carbonyl (C=O) groups is 2. The van der Waals surface area contributed by atoms with Crippen LogP contribution in [0.3, 0.4) is 0 Å². The van der Waals surface area contributed by atoms with Gasteiger partial charge in [0, 0.05) is 35.8 Å². The maximum Gasteiger partial charge on any atom is 0.273 e. The van der Waals surface area contributed by atoms with Crippen LogP contribution in [-0.2, 0) is 16.1 Å². The number of amides is 2. The molecule has 1 saturated carbocycles. The Labute approximate surface area is 198 Å². The van der Waals surface area contributed by atoms with E-state index in [-0.39, 0.29) is 29.8 Å². The number of carbonyl (C=O) groups excluding carboxylic acids is 2. The zero-order valence-corrected chi connectivity index (χ0v) is 19.4. The van der Waals surface area contributed by atoms with E-state index in [1.807, 2.05) is 0 Å². The van der Waals surface area contributed by atoms with Gasteiger partial charge in [-0.05, 0) is 49.9 Å². The second-order valence-electron chi connectivity index (χ2n) is 8.43. The predicted octanol–water partition coefficient (Wildman–Crippen LogP) is 2.64. The Morgan fingerprint density at radius 2 is 1.85 bits per heavy atom. The van der Waals surface area contributed by atoms with Crippen molar-refractivity contribution in [1.29, 1.82) is 0 Å². The highest BCUT2D eigenvalue weighted by Crippen LogP contribution is 2.30. The SMILES string of the molecule is O=C(Cn1cnc2nc(N3CCC(C(=O)NC4CC4)CC3)sc2c1=O)Nc1ccc(Cl)cc1. The molecule has 5 rings (SSSR count). The van der Waals surface area contributed by atoms with Crippen LogP contribution in [0.25, 0.3) is 10.3 Å². The van der Waals surface area contributed by atoms with E-state index in [9.17, 15) is 14.4 Å². The Kier molecular flexibility index (Phi) is 6.03. The molecule has 1 aromatic carbocycles. The zero-order valence-electron chi connectivity index (χ0n) is 17.8. The topological polar surface area (TPSA) is 109 Å². The highest BCUT2D eigenvalue weighted by atomic mass is 35.5. The third-order valence-electron chi connectivity index (χ3n) is 5.87. The highest BCUT2D eigenvalue weighted by molar-refractivity contribution is 7.22. The molecule has 0 bridgehead atoms. The van der Waals surface area contributed by atoms with Crippen molar-refractivity contribution in [3.8, 4) is 0 Å². The molecule has 2 amide bonds. The minimum absolute atomic E-state index is 0.0331. The van der Waals surface area contributed by atoms with E-state index < -0.39 is 0 Å². The molecular formula is C22H23ClN6O3S. The fourth-order valence-electron chi connectivity index (χ4n) is 3.85. The number of nitrogens with one attached hydrogen (secondary N) is 2. The molecule has 2 fully saturated rings. The smallest absolute Gasteiger partial charge is 0.273 e. The lowest BCUT2D eigenvalue weighted by atomic mass is 9.96. The molecule has 172 valence electrons. The molecule has 0 spiro atoms. The van der Waals surface area contributed by atoms with Gasteiger partial charge in [-0.2, -0.15) is 4.98 Å². The van der Waals surface area contributed by atoms with E-state index in [1.54, 1.807) is 24.3 Å². The van der Waals surface area contributed by atoms with E-state index in [0.29, 0.717) is 40.2 Å². The molecule has 2 N–H and O–H groups in total. The number of fused-ring (bicyclic) bond motifs is 1. The van der Waals surface area contributed by atoms with Crippen LogP contribution in [0.1, 0.15) is 25.7 Å². The molecule has 1 aliphatic heterocycles. The predicted molar refractivity (Wildman–Crippen MR) is 128 cm³/mol. The van der Waals surface area contributed by atoms with Crippen molar-refractivity contribution in [2.75, 3.05) is 23.3 Å². The molecule has 3 aromatic rings. The molecule has 33 heavy (non-hydrogen) atoms. The summed E-state index contributed by atoms with van der Waals surface area (Å²) in [6.07, 6.45) is 5.05. The van der Waals surface area contributed by atoms with Crippen molar-refractivity contribution >= 4 is 55.9 Å². The van der Waals surface area contributed by atoms with Crippen LogP contribution < -0.4 is 21.1 Å². The van der Waals surface area contributed by atoms with Gasteiger partial charge < -0.3 is 15.5 Å². The normalized spacial score (nSPS) is 16.7. The van der Waals surface area contributed by atoms with Crippen LogP contribution in [-0.4, -0.2) is 45.5 Å². The number of hydrogen-bond donors (Lipinski definition) is 2. The van der Waals surface area contributed by atoms with Crippen molar-refractivity contribution in [3.05, 3.63) is 46.0 Å². The number of rotatable bonds is 6. The number of aromatic nitrogens is 3. The molecule has 11 heteroatoms. The summed E-state index contributed by atoms with van der Waals surface area (Å²) < 4.78 is 1.70. The van der Waals surface area contributed by atoms with Gasteiger partial charge in [-0.3, -0.25) is 19.0 Å². The van der Waals surface area contributed by atoms with Gasteiger partial charge in [0.1, 0.15) is 17.6 Å². The van der Waals surface area contributed by atoms with Crippen molar-refractivity contribution in [3.63, 3.8) is 0 Å². The fourth-order valence-corrected chi connectivity index (χ4v) is 5.00. The summed E-state index contributed by atoms with van der Waals surface area (Å²) in [5.74, 6) is -0.148. The average Bonchev–Trinajstić information content (AvgIpc) is 3.52. The Balaban J connectivity index is 1.24. The fraction of sp³-hybridized carbons (Fsp3) is 0.409. The lowest BCUT2D eigenvalue weighted by molar-refractivity contribution is -0.125. The van der Waals surface area contributed by atoms with Crippen LogP contribution in [0.2, 0.25) is 5.02 Å². The van der Waals surface area contributed by atoms with Gasteiger partial charge in [-0.1, -0.05) is 22.9 Å². The molecule has 0 unspecified atom stereocenters. The number of piperidine rings is 1. The second-order valence-corrected chi connectivity index (χ2v) is 9.84. The molecule has 2 aromatic heterocycles. The minimum atomic E-state index is -0.336. The Morgan fingerprint density at radius 3 is 2.55 bits per heavy atom. The van der Waals surface area contributed by atoms with Gasteiger partial charge in [0.2, 0.25) is 11.8 Å². The molecule has 1 saturated heterocycles. The Hall–Kier alpha value is -2.98. The minimum Gasteiger partial charge on any atom is -0.353 e. The van der Waals surface area contributed by atoms with Crippen LogP contribution in [0, 0.1) is 5.92 Å². The molecule has 2 aliphatic rings. The largest absolute Gasteiger partial charge is 0.353 e. The molecule has 1 aliphatic carbocycles. The van der Waals surface area contributed by atoms with E-state index in [4.69, 9.17) is 11.6 Å². The van der Waals surface area contributed by atoms with Crippen molar-refractivity contribution in [2.45, 2.75) is 38.3 Å². The second kappa shape index (κ2) is 9.11. The van der Waals surface area contributed by atoms with Gasteiger partial charge in [0.15, 0.2) is 10.8 Å². The molecule has 0 radical (unpaired) electrons. The number of halogens is 1. The number of anilines is 2. The summed E-state index contributed by atoms with van der Waals surface area (Å²) in [6, 6.07) is 7.12. The van der Waals surface area contributed by atoms with Gasteiger partial charge in [0.05, 0.1) is 0 Å². The third-order valence-corrected chi connectivity index (χ3v) is 7.22. The standard InChI is InChI=1S/C22H23ClN6O3S/c23-14-1-3-15(4-2-14)25-17(30)11-29-12-24-19-18(21(29)32)33-22(27-19)28-9-7-13(8-10-28)20(31)26-16-5-6-16/h1-4,12-13,16H,5-11H2,(H,25,30)(H,26,31). The Morgan fingerprint density at radius 1 is 1.12 bits per heavy atom. The van der Waals surface area contributed by atoms with Crippen LogP contribution in [0.5, 0.6) is 0 Å². The van der Waals surface area contributed by atoms with Crippen molar-refractivity contribution in [2.24, 2.45) is 5.92 Å². The molecule has 3 heterocycles. The van der Waals surface area contributed by atoms with E-state index in [1.165, 1.54) is 22.2 Å². The first-order valence-electron chi connectivity index (χ1n) is 10.9. The lowest BCUT2D eigenvalue weighted by Crippen LogP contribution is -2.41. The first kappa shape index (κ1) is 21.8. The van der Waals surface area contributed by atoms with Crippen LogP contribution in [0.4, 0.5) is 10.8 Å². The van der Waals surface area contributed by atoms with Gasteiger partial charge in [-0.25, -0.2) is 4.98 Å². The highest BCUT2D eigenvalue weighted by Gasteiger charge is 2.30. The molecular weight excluding hydrogens is 464 g/mol. The molecule has 9 nitrogen and oxygen atoms in total. The lowest BCUT2D eigenvalue weighted by Gasteiger charge is -2.30. The van der Waals surface area contributed by atoms with E-state index >= 15 is 0 Å². The van der Waals surface area contributed by atoms with E-state index in [0.717, 1.165) is 30.8 Å². The summed E-state index contributed by atoms with van der Waals surface area (Å²) >= 11 is 7.14. The number of thiazole rings is 1. The first-order chi connectivity index (χ1) is 16.0. The van der Waals surface area contributed by atoms with Crippen LogP contribution >= 0.6 is 22.9 Å². The van der Waals surface area contributed by atoms with Gasteiger partial charge in [-0.15, -0.1) is 0 Å². The summed E-state index contributed by atoms with van der Waals surface area (Å²) in [5.41, 5.74) is 0.678. The summed E-state index contributed by atoms with van der Waals surface area (Å²) in [7, 11) is 0. The quantitative estimate of drug-likeness (QED) is 0.554. The Bertz CT molecular complexity index is 1250. The van der Waals surface area contributed by atoms with Crippen molar-refractivity contribution < 1.29 is 9.59 Å². The summed E-state index contributed by atoms with van der Waals surface area (Å²) in [6.45, 7) is 1.26. The van der Waals surface area contributed by atoms with Gasteiger partial charge in [0.25, 0.3) is 5.56 Å². The monoisotopic (exact) mass is 486 g/mol. The maximum absolute atomic E-state index is 12.9. The average molecular weight is 487 g/mol. The number of benzene rings is 1. The third kappa shape index (κ3) is 5.01. The summed E-state index contributed by atoms with van der Waals surface area (Å²) in [5, 5.41) is 7.12. The first-order valence-corrected chi connectivity index (χ1v) is 12.1. The van der Waals surface area contributed by atoms with E-state index in [2.05, 4.69) is 25.5 Å². The molecule has 0 atom stereocenters. The van der Waals surface area contributed by atoms with Gasteiger partial charge >= 0.3 is 0 Å². The maximum atomic E-state index is 12.9.